The van der Waals surface area contributed by atoms with Crippen molar-refractivity contribution < 1.29 is 37.3 Å². The van der Waals surface area contributed by atoms with Crippen LogP contribution in [0, 0.1) is 32.1 Å². The Labute approximate surface area is 363 Å². The van der Waals surface area contributed by atoms with Crippen LogP contribution in [0.3, 0.4) is 0 Å². The number of aryl methyl sites for hydroxylation is 3. The van der Waals surface area contributed by atoms with Gasteiger partial charge in [0.05, 0.1) is 17.3 Å². The molecule has 13 nitrogen and oxygen atoms in total. The van der Waals surface area contributed by atoms with Crippen LogP contribution >= 0.6 is 11.3 Å². The second kappa shape index (κ2) is 17.3. The molecule has 0 saturated heterocycles. The molecule has 316 valence electrons. The second-order valence-electron chi connectivity index (χ2n) is 15.4. The van der Waals surface area contributed by atoms with Gasteiger partial charge in [-0.2, -0.15) is 9.57 Å². The molecule has 15 heteroatoms. The number of nitrogens with one attached hydrogen (secondary N) is 1. The van der Waals surface area contributed by atoms with Crippen LogP contribution in [0.15, 0.2) is 107 Å². The summed E-state index contributed by atoms with van der Waals surface area (Å²) in [5.41, 5.74) is 14.7. The Hall–Kier alpha value is -6.73. The minimum absolute atomic E-state index is 0.0575. The number of carboxylic acid groups (broad SMARTS) is 1. The van der Waals surface area contributed by atoms with E-state index in [0.717, 1.165) is 37.9 Å². The minimum atomic E-state index is -4.37. The van der Waals surface area contributed by atoms with Crippen LogP contribution < -0.4 is 25.3 Å². The number of carboxylic acids is 1. The van der Waals surface area contributed by atoms with E-state index in [2.05, 4.69) is 48.4 Å². The minimum Gasteiger partial charge on any atom is -0.489 e. The van der Waals surface area contributed by atoms with Crippen molar-refractivity contribution in [1.29, 1.82) is 5.26 Å². The van der Waals surface area contributed by atoms with Gasteiger partial charge in [0, 0.05) is 13.0 Å². The fourth-order valence-electron chi connectivity index (χ4n) is 7.63. The Morgan fingerprint density at radius 2 is 1.61 bits per heavy atom. The van der Waals surface area contributed by atoms with Gasteiger partial charge in [0.25, 0.3) is 10.0 Å². The monoisotopic (exact) mass is 869 g/mol. The number of ether oxygens (including phenoxy) is 3. The second-order valence-corrected chi connectivity index (χ2v) is 18.6. The number of fused-ring (bicyclic) bond motifs is 2. The van der Waals surface area contributed by atoms with E-state index in [4.69, 9.17) is 25.2 Å². The maximum Gasteiger partial charge on any atom is 0.326 e. The standard InChI is InChI=1S/C47H43N5O8S2/c1-27-4-5-32(18-28(27)2)25-58-38-16-14-35(15-17-38)43-26-59-41-21-36-20-40(52(24-37(36)22-42(41)60-43)62(56,57)46-29(3)50-47(49)61-46)44(53)51-39(45(54)55)19-30-6-10-33(11-7-30)34-12-8-31(23-48)9-13-34/h4-18,21-22,39-40,43H,19-20,24-26H2,1-3H3,(H2,49,50)(H,51,53)(H,54,55). The van der Waals surface area contributed by atoms with E-state index in [1.165, 1.54) is 18.1 Å². The fraction of sp³-hybridized carbons (Fsp3) is 0.234. The van der Waals surface area contributed by atoms with Crippen molar-refractivity contribution in [3.05, 3.63) is 153 Å². The lowest BCUT2D eigenvalue weighted by atomic mass is 9.94. The van der Waals surface area contributed by atoms with Crippen molar-refractivity contribution in [3.63, 3.8) is 0 Å². The third kappa shape index (κ3) is 8.85. The van der Waals surface area contributed by atoms with Gasteiger partial charge in [-0.3, -0.25) is 4.79 Å². The molecule has 2 aliphatic rings. The molecule has 0 spiro atoms. The molecule has 6 aromatic rings. The molecule has 0 bridgehead atoms. The molecule has 5 aromatic carbocycles. The number of nitrogen functional groups attached to an aromatic ring is 1. The maximum absolute atomic E-state index is 14.4. The number of thiazole rings is 1. The number of nitrogens with two attached hydrogens (primary N) is 1. The number of carbonyl (C=O) groups excluding carboxylic acids is 1. The molecular formula is C47H43N5O8S2. The molecule has 3 atom stereocenters. The summed E-state index contributed by atoms with van der Waals surface area (Å²) in [7, 11) is -4.37. The molecule has 0 fully saturated rings. The quantitative estimate of drug-likeness (QED) is 0.113. The Balaban J connectivity index is 1.01. The highest BCUT2D eigenvalue weighted by molar-refractivity contribution is 7.91. The van der Waals surface area contributed by atoms with Gasteiger partial charge in [0.1, 0.15) is 31.0 Å². The van der Waals surface area contributed by atoms with Crippen molar-refractivity contribution in [3.8, 4) is 34.4 Å². The third-order valence-corrected chi connectivity index (χ3v) is 14.6. The molecular weight excluding hydrogens is 827 g/mol. The topological polar surface area (TPSA) is 194 Å². The predicted octanol–water partition coefficient (Wildman–Crippen LogP) is 7.21. The number of hydrogen-bond donors (Lipinski definition) is 3. The highest BCUT2D eigenvalue weighted by atomic mass is 32.2. The zero-order valence-corrected chi connectivity index (χ0v) is 35.8. The van der Waals surface area contributed by atoms with Gasteiger partial charge in [-0.1, -0.05) is 78.1 Å². The van der Waals surface area contributed by atoms with E-state index in [9.17, 15) is 23.1 Å². The van der Waals surface area contributed by atoms with Gasteiger partial charge < -0.3 is 30.4 Å². The van der Waals surface area contributed by atoms with Crippen molar-refractivity contribution in [2.45, 2.75) is 69.2 Å². The lowest BCUT2D eigenvalue weighted by Gasteiger charge is -2.36. The van der Waals surface area contributed by atoms with Crippen LogP contribution in [0.5, 0.6) is 17.2 Å². The van der Waals surface area contributed by atoms with Gasteiger partial charge in [0.2, 0.25) is 5.91 Å². The molecule has 3 heterocycles. The van der Waals surface area contributed by atoms with E-state index < -0.39 is 40.1 Å². The Morgan fingerprint density at radius 1 is 0.935 bits per heavy atom. The molecule has 0 aliphatic carbocycles. The largest absolute Gasteiger partial charge is 0.489 e. The summed E-state index contributed by atoms with van der Waals surface area (Å²) in [4.78, 5) is 30.9. The average Bonchev–Trinajstić information content (AvgIpc) is 3.63. The van der Waals surface area contributed by atoms with Gasteiger partial charge in [-0.05, 0) is 114 Å². The highest BCUT2D eigenvalue weighted by Gasteiger charge is 2.43. The number of sulfonamides is 1. The molecule has 0 saturated carbocycles. The van der Waals surface area contributed by atoms with E-state index in [-0.39, 0.29) is 41.0 Å². The predicted molar refractivity (Wildman–Crippen MR) is 233 cm³/mol. The summed E-state index contributed by atoms with van der Waals surface area (Å²) in [6, 6.07) is 31.1. The van der Waals surface area contributed by atoms with Crippen LogP contribution in [-0.2, 0) is 45.6 Å². The molecule has 62 heavy (non-hydrogen) atoms. The van der Waals surface area contributed by atoms with Crippen LogP contribution in [0.1, 0.15) is 56.3 Å². The molecule has 1 amide bonds. The first-order chi connectivity index (χ1) is 29.7. The number of hydrogen-bond acceptors (Lipinski definition) is 11. The Kier molecular flexibility index (Phi) is 11.7. The third-order valence-electron chi connectivity index (χ3n) is 11.2. The van der Waals surface area contributed by atoms with Gasteiger partial charge in [0.15, 0.2) is 26.9 Å². The fourth-order valence-corrected chi connectivity index (χ4v) is 10.6. The van der Waals surface area contributed by atoms with Crippen LogP contribution in [0.25, 0.3) is 11.1 Å². The first kappa shape index (κ1) is 42.0. The van der Waals surface area contributed by atoms with Gasteiger partial charge >= 0.3 is 5.97 Å². The molecule has 3 unspecified atom stereocenters. The normalized spacial score (nSPS) is 16.4. The van der Waals surface area contributed by atoms with Crippen molar-refractivity contribution >= 4 is 38.4 Å². The number of carbonyl (C=O) groups is 2. The number of nitrogens with zero attached hydrogens (tertiary/aromatic N) is 3. The van der Waals surface area contributed by atoms with E-state index >= 15 is 0 Å². The Bertz CT molecular complexity index is 2820. The average molecular weight is 870 g/mol. The zero-order valence-electron chi connectivity index (χ0n) is 34.1. The van der Waals surface area contributed by atoms with Gasteiger partial charge in [-0.15, -0.1) is 0 Å². The smallest absolute Gasteiger partial charge is 0.326 e. The first-order valence-electron chi connectivity index (χ1n) is 19.9. The summed E-state index contributed by atoms with van der Waals surface area (Å²) in [5.74, 6) is -0.472. The number of aromatic nitrogens is 1. The van der Waals surface area contributed by atoms with Crippen LogP contribution in [-0.4, -0.2) is 53.4 Å². The molecule has 1 aromatic heterocycles. The van der Waals surface area contributed by atoms with Crippen molar-refractivity contribution in [1.82, 2.24) is 14.6 Å². The van der Waals surface area contributed by atoms with E-state index in [0.29, 0.717) is 46.1 Å². The summed E-state index contributed by atoms with van der Waals surface area (Å²) in [6.45, 7) is 6.11. The van der Waals surface area contributed by atoms with E-state index in [1.54, 1.807) is 36.4 Å². The van der Waals surface area contributed by atoms with Crippen molar-refractivity contribution in [2.75, 3.05) is 12.3 Å². The lowest BCUT2D eigenvalue weighted by Crippen LogP contribution is -2.55. The number of rotatable bonds is 12. The number of amides is 1. The maximum atomic E-state index is 14.4. The summed E-state index contributed by atoms with van der Waals surface area (Å²) in [5, 5.41) is 22.1. The number of nitriles is 1. The molecule has 0 radical (unpaired) electrons. The van der Waals surface area contributed by atoms with E-state index in [1.807, 2.05) is 48.5 Å². The van der Waals surface area contributed by atoms with Crippen LogP contribution in [0.2, 0.25) is 0 Å². The van der Waals surface area contributed by atoms with Gasteiger partial charge in [-0.25, -0.2) is 18.2 Å². The molecule has 2 aliphatic heterocycles. The number of aliphatic carboxylic acids is 1. The molecule has 8 rings (SSSR count). The van der Waals surface area contributed by atoms with Crippen molar-refractivity contribution in [2.24, 2.45) is 0 Å². The summed E-state index contributed by atoms with van der Waals surface area (Å²) < 4.78 is 48.5. The highest BCUT2D eigenvalue weighted by Crippen LogP contribution is 2.42. The lowest BCUT2D eigenvalue weighted by molar-refractivity contribution is -0.142. The SMILES string of the molecule is Cc1ccc(COc2ccc(C3COc4cc5c(cc4O3)CN(S(=O)(=O)c3sc(N)nc3C)C(C(=O)NC(Cc3ccc(-c4ccc(C#N)cc4)cc3)C(=O)O)C5)cc2)cc1C. The summed E-state index contributed by atoms with van der Waals surface area (Å²) >= 11 is 0.800. The molecule has 4 N–H and O–H groups in total. The first-order valence-corrected chi connectivity index (χ1v) is 22.1. The summed E-state index contributed by atoms with van der Waals surface area (Å²) in [6.07, 6.45) is -0.583. The van der Waals surface area contributed by atoms with Crippen LogP contribution in [0.4, 0.5) is 5.13 Å². The number of anilines is 1. The number of benzene rings is 5. The zero-order chi connectivity index (χ0) is 43.7. The Morgan fingerprint density at radius 3 is 2.26 bits per heavy atom.